The van der Waals surface area contributed by atoms with Crippen molar-refractivity contribution in [3.63, 3.8) is 0 Å². The standard InChI is InChI=1S/C22H26N4O2/c1-28-12-10-18-7-2-3-11-26(18)22(27)17-6-4-5-15(13-17)16-8-9-20-19(14-16)21(23)25-24-20/h4-6,8-9,13-14,18H,2-3,7,10-12H2,1H3,(H3,23,24,25)/t18-/m0/s1. The van der Waals surface area contributed by atoms with E-state index in [-0.39, 0.29) is 11.9 Å². The van der Waals surface area contributed by atoms with E-state index < -0.39 is 0 Å². The maximum atomic E-state index is 13.2. The zero-order chi connectivity index (χ0) is 19.5. The normalized spacial score (nSPS) is 17.2. The molecule has 1 aliphatic heterocycles. The Morgan fingerprint density at radius 3 is 2.96 bits per heavy atom. The third-order valence-electron chi connectivity index (χ3n) is 5.58. The van der Waals surface area contributed by atoms with Gasteiger partial charge in [-0.3, -0.25) is 9.89 Å². The number of anilines is 1. The molecule has 0 spiro atoms. The molecule has 2 aromatic carbocycles. The lowest BCUT2D eigenvalue weighted by Crippen LogP contribution is -2.44. The minimum Gasteiger partial charge on any atom is -0.385 e. The quantitative estimate of drug-likeness (QED) is 0.706. The summed E-state index contributed by atoms with van der Waals surface area (Å²) >= 11 is 0. The number of amides is 1. The Kier molecular flexibility index (Phi) is 5.30. The molecule has 146 valence electrons. The summed E-state index contributed by atoms with van der Waals surface area (Å²) in [5.41, 5.74) is 9.59. The highest BCUT2D eigenvalue weighted by atomic mass is 16.5. The highest BCUT2D eigenvalue weighted by molar-refractivity contribution is 5.97. The fourth-order valence-corrected chi connectivity index (χ4v) is 4.03. The molecular formula is C22H26N4O2. The molecule has 1 fully saturated rings. The van der Waals surface area contributed by atoms with Gasteiger partial charge in [-0.2, -0.15) is 5.10 Å². The molecule has 1 aromatic heterocycles. The monoisotopic (exact) mass is 378 g/mol. The van der Waals surface area contributed by atoms with Gasteiger partial charge in [-0.05, 0) is 61.1 Å². The molecule has 0 unspecified atom stereocenters. The van der Waals surface area contributed by atoms with Gasteiger partial charge in [0.05, 0.1) is 5.52 Å². The number of aromatic amines is 1. The van der Waals surface area contributed by atoms with E-state index in [4.69, 9.17) is 10.5 Å². The van der Waals surface area contributed by atoms with Gasteiger partial charge >= 0.3 is 0 Å². The maximum absolute atomic E-state index is 13.2. The van der Waals surface area contributed by atoms with Crippen LogP contribution in [0.4, 0.5) is 5.82 Å². The van der Waals surface area contributed by atoms with Crippen molar-refractivity contribution >= 4 is 22.6 Å². The van der Waals surface area contributed by atoms with Crippen LogP contribution in [-0.2, 0) is 4.74 Å². The number of fused-ring (bicyclic) bond motifs is 1. The molecule has 1 atom stereocenters. The Morgan fingerprint density at radius 1 is 1.25 bits per heavy atom. The van der Waals surface area contributed by atoms with Crippen molar-refractivity contribution < 1.29 is 9.53 Å². The highest BCUT2D eigenvalue weighted by Crippen LogP contribution is 2.28. The Labute approximate surface area is 164 Å². The fourth-order valence-electron chi connectivity index (χ4n) is 4.03. The second-order valence-corrected chi connectivity index (χ2v) is 7.38. The lowest BCUT2D eigenvalue weighted by Gasteiger charge is -2.36. The van der Waals surface area contributed by atoms with Gasteiger partial charge in [0.2, 0.25) is 0 Å². The Balaban J connectivity index is 1.61. The number of H-pyrrole nitrogens is 1. The van der Waals surface area contributed by atoms with Crippen LogP contribution >= 0.6 is 0 Å². The van der Waals surface area contributed by atoms with Gasteiger partial charge in [0.1, 0.15) is 0 Å². The number of rotatable bonds is 5. The van der Waals surface area contributed by atoms with Crippen molar-refractivity contribution in [3.05, 3.63) is 48.0 Å². The molecule has 3 N–H and O–H groups in total. The molecule has 3 aromatic rings. The maximum Gasteiger partial charge on any atom is 0.254 e. The topological polar surface area (TPSA) is 84.2 Å². The summed E-state index contributed by atoms with van der Waals surface area (Å²) in [5.74, 6) is 0.588. The van der Waals surface area contributed by atoms with E-state index in [9.17, 15) is 4.79 Å². The van der Waals surface area contributed by atoms with Crippen LogP contribution in [0.1, 0.15) is 36.0 Å². The molecule has 1 aliphatic rings. The minimum absolute atomic E-state index is 0.103. The van der Waals surface area contributed by atoms with Crippen LogP contribution < -0.4 is 5.73 Å². The lowest BCUT2D eigenvalue weighted by atomic mass is 9.97. The van der Waals surface area contributed by atoms with Gasteiger partial charge in [0, 0.05) is 37.3 Å². The number of hydrogen-bond donors (Lipinski definition) is 2. The van der Waals surface area contributed by atoms with E-state index in [0.29, 0.717) is 12.4 Å². The summed E-state index contributed by atoms with van der Waals surface area (Å²) in [6.45, 7) is 1.50. The third kappa shape index (κ3) is 3.60. The summed E-state index contributed by atoms with van der Waals surface area (Å²) in [5, 5.41) is 7.86. The number of nitrogens with two attached hydrogens (primary N) is 1. The Morgan fingerprint density at radius 2 is 2.11 bits per heavy atom. The molecule has 1 amide bonds. The smallest absolute Gasteiger partial charge is 0.254 e. The predicted octanol–water partition coefficient (Wildman–Crippen LogP) is 3.84. The van der Waals surface area contributed by atoms with Crippen LogP contribution in [-0.4, -0.2) is 47.3 Å². The average molecular weight is 378 g/mol. The Bertz CT molecular complexity index is 982. The van der Waals surface area contributed by atoms with Crippen LogP contribution in [0.2, 0.25) is 0 Å². The van der Waals surface area contributed by atoms with Crippen LogP contribution in [0.5, 0.6) is 0 Å². The molecule has 0 bridgehead atoms. The number of benzene rings is 2. The molecule has 1 saturated heterocycles. The number of carbonyl (C=O) groups is 1. The molecule has 0 saturated carbocycles. The first-order chi connectivity index (χ1) is 13.7. The number of carbonyl (C=O) groups excluding carboxylic acids is 1. The molecular weight excluding hydrogens is 352 g/mol. The van der Waals surface area contributed by atoms with E-state index in [1.807, 2.05) is 47.4 Å². The summed E-state index contributed by atoms with van der Waals surface area (Å²) in [7, 11) is 1.71. The number of nitrogens with one attached hydrogen (secondary N) is 1. The predicted molar refractivity (Wildman–Crippen MR) is 111 cm³/mol. The number of hydrogen-bond acceptors (Lipinski definition) is 4. The molecule has 0 radical (unpaired) electrons. The number of piperidine rings is 1. The van der Waals surface area contributed by atoms with Crippen molar-refractivity contribution in [2.24, 2.45) is 0 Å². The van der Waals surface area contributed by atoms with Gasteiger partial charge in [-0.15, -0.1) is 0 Å². The zero-order valence-corrected chi connectivity index (χ0v) is 16.1. The molecule has 6 nitrogen and oxygen atoms in total. The second-order valence-electron chi connectivity index (χ2n) is 7.38. The zero-order valence-electron chi connectivity index (χ0n) is 16.1. The molecule has 4 rings (SSSR count). The van der Waals surface area contributed by atoms with Crippen molar-refractivity contribution in [1.82, 2.24) is 15.1 Å². The largest absolute Gasteiger partial charge is 0.385 e. The number of likely N-dealkylation sites (tertiary alicyclic amines) is 1. The summed E-state index contributed by atoms with van der Waals surface area (Å²) < 4.78 is 5.24. The molecule has 6 heteroatoms. The highest BCUT2D eigenvalue weighted by Gasteiger charge is 2.27. The summed E-state index contributed by atoms with van der Waals surface area (Å²) in [4.78, 5) is 15.3. The summed E-state index contributed by atoms with van der Waals surface area (Å²) in [6.07, 6.45) is 4.17. The SMILES string of the molecule is COCC[C@@H]1CCCCN1C(=O)c1cccc(-c2ccc3[nH]nc(N)c3c2)c1. The molecule has 28 heavy (non-hydrogen) atoms. The van der Waals surface area contributed by atoms with Crippen molar-refractivity contribution in [2.45, 2.75) is 31.7 Å². The number of nitrogen functional groups attached to an aromatic ring is 1. The average Bonchev–Trinajstić information content (AvgIpc) is 3.12. The first-order valence-electron chi connectivity index (χ1n) is 9.81. The number of methoxy groups -OCH3 is 1. The van der Waals surface area contributed by atoms with Gasteiger partial charge < -0.3 is 15.4 Å². The second kappa shape index (κ2) is 8.02. The summed E-state index contributed by atoms with van der Waals surface area (Å²) in [6, 6.07) is 14.1. The van der Waals surface area contributed by atoms with Crippen molar-refractivity contribution in [1.29, 1.82) is 0 Å². The van der Waals surface area contributed by atoms with Crippen LogP contribution in [0.25, 0.3) is 22.0 Å². The van der Waals surface area contributed by atoms with Crippen LogP contribution in [0.15, 0.2) is 42.5 Å². The number of aromatic nitrogens is 2. The lowest BCUT2D eigenvalue weighted by molar-refractivity contribution is 0.0553. The Hall–Kier alpha value is -2.86. The van der Waals surface area contributed by atoms with Gasteiger partial charge in [-0.1, -0.05) is 18.2 Å². The first-order valence-corrected chi connectivity index (χ1v) is 9.81. The number of nitrogens with zero attached hydrogens (tertiary/aromatic N) is 2. The van der Waals surface area contributed by atoms with E-state index in [2.05, 4.69) is 10.2 Å². The van der Waals surface area contributed by atoms with Gasteiger partial charge in [0.25, 0.3) is 5.91 Å². The van der Waals surface area contributed by atoms with Crippen molar-refractivity contribution in [3.8, 4) is 11.1 Å². The molecule has 2 heterocycles. The number of ether oxygens (including phenoxy) is 1. The van der Waals surface area contributed by atoms with E-state index in [0.717, 1.165) is 53.4 Å². The minimum atomic E-state index is 0.103. The van der Waals surface area contributed by atoms with Gasteiger partial charge in [-0.25, -0.2) is 0 Å². The third-order valence-corrected chi connectivity index (χ3v) is 5.58. The van der Waals surface area contributed by atoms with Crippen LogP contribution in [0, 0.1) is 0 Å². The van der Waals surface area contributed by atoms with Gasteiger partial charge in [0.15, 0.2) is 5.82 Å². The molecule has 0 aliphatic carbocycles. The van der Waals surface area contributed by atoms with E-state index >= 15 is 0 Å². The fraction of sp³-hybridized carbons (Fsp3) is 0.364. The van der Waals surface area contributed by atoms with E-state index in [1.165, 1.54) is 6.42 Å². The van der Waals surface area contributed by atoms with Crippen molar-refractivity contribution in [2.75, 3.05) is 26.0 Å². The first kappa shape index (κ1) is 18.5. The van der Waals surface area contributed by atoms with E-state index in [1.54, 1.807) is 7.11 Å². The van der Waals surface area contributed by atoms with Crippen LogP contribution in [0.3, 0.4) is 0 Å².